The molecule has 5 aliphatic rings. The Morgan fingerprint density at radius 1 is 1.17 bits per heavy atom. The highest BCUT2D eigenvalue weighted by atomic mass is 19.4. The molecule has 1 spiro atoms. The van der Waals surface area contributed by atoms with Crippen molar-refractivity contribution >= 4 is 30.0 Å². The maximum absolute atomic E-state index is 12.2. The second-order valence-electron chi connectivity index (χ2n) is 12.5. The molecule has 5 amide bonds. The van der Waals surface area contributed by atoms with Crippen LogP contribution in [0.4, 0.5) is 13.2 Å². The number of nitrogens with zero attached hydrogens (tertiary/aromatic N) is 1. The highest BCUT2D eigenvalue weighted by Gasteiger charge is 2.62. The van der Waals surface area contributed by atoms with Gasteiger partial charge in [-0.15, -0.1) is 0 Å². The van der Waals surface area contributed by atoms with Crippen molar-refractivity contribution in [1.82, 2.24) is 15.5 Å². The molecule has 0 bridgehead atoms. The Hall–Kier alpha value is -2.90. The second-order valence-corrected chi connectivity index (χ2v) is 12.5. The van der Waals surface area contributed by atoms with Crippen molar-refractivity contribution in [2.75, 3.05) is 13.1 Å². The topological polar surface area (TPSA) is 174 Å². The predicted molar refractivity (Wildman–Crippen MR) is 140 cm³/mol. The van der Waals surface area contributed by atoms with E-state index in [1.807, 2.05) is 6.92 Å². The summed E-state index contributed by atoms with van der Waals surface area (Å²) in [5, 5.41) is 5.28. The molecule has 41 heavy (non-hydrogen) atoms. The van der Waals surface area contributed by atoms with Crippen LogP contribution in [-0.2, 0) is 28.7 Å². The zero-order valence-electron chi connectivity index (χ0n) is 23.8. The summed E-state index contributed by atoms with van der Waals surface area (Å²) in [6, 6.07) is -0.748. The summed E-state index contributed by atoms with van der Waals surface area (Å²) in [7, 11) is 0. The van der Waals surface area contributed by atoms with Gasteiger partial charge in [0.05, 0.1) is 18.6 Å². The highest BCUT2D eigenvalue weighted by Crippen LogP contribution is 2.62. The van der Waals surface area contributed by atoms with E-state index in [9.17, 15) is 32.3 Å². The van der Waals surface area contributed by atoms with Crippen molar-refractivity contribution in [3.8, 4) is 0 Å². The first kappa shape index (κ1) is 32.6. The molecule has 4 unspecified atom stereocenters. The minimum absolute atomic E-state index is 0.00880. The van der Waals surface area contributed by atoms with Gasteiger partial charge in [-0.3, -0.25) is 24.0 Å². The lowest BCUT2D eigenvalue weighted by molar-refractivity contribution is -0.169. The number of likely N-dealkylation sites (tertiary alicyclic amines) is 1. The molecule has 3 saturated carbocycles. The molecule has 5 atom stereocenters. The molecule has 6 N–H and O–H groups in total. The van der Waals surface area contributed by atoms with Crippen LogP contribution in [0.5, 0.6) is 0 Å². The number of rotatable bonds is 9. The molecule has 14 heteroatoms. The number of hydrogen-bond donors (Lipinski definition) is 4. The van der Waals surface area contributed by atoms with Crippen molar-refractivity contribution in [3.05, 3.63) is 0 Å². The van der Waals surface area contributed by atoms with E-state index in [1.165, 1.54) is 19.3 Å². The summed E-state index contributed by atoms with van der Waals surface area (Å²) in [5.41, 5.74) is 9.43. The average Bonchev–Trinajstić information content (AvgIpc) is 3.52. The van der Waals surface area contributed by atoms with Gasteiger partial charge in [-0.05, 0) is 69.1 Å². The lowest BCUT2D eigenvalue weighted by Gasteiger charge is -2.30. The summed E-state index contributed by atoms with van der Waals surface area (Å²) < 4.78 is 38.0. The Labute approximate surface area is 237 Å². The van der Waals surface area contributed by atoms with Crippen LogP contribution >= 0.6 is 0 Å². The number of piperidine rings is 1. The van der Waals surface area contributed by atoms with Crippen LogP contribution in [0, 0.1) is 23.2 Å². The van der Waals surface area contributed by atoms with E-state index in [0.717, 1.165) is 44.2 Å². The lowest BCUT2D eigenvalue weighted by Crippen LogP contribution is -2.42. The number of fused-ring (bicyclic) bond motifs is 1. The molecule has 5 rings (SSSR count). The standard InChI is InChI=1S/C15H25NO2.C10H15N3O3.C2H2F3NO/c1-10(18-11-5-4-6-11)7-14(17)16-8-12-13(9-16)15(12,2)3;11-8(15)7(12-5-14)3-6-4-10(1-2-10)13-9(6)16;3-2(4,5)1(6)7/h10-13H,4-9H2,1-3H3;5-7H,1-4H2,(H2,11,15)(H,12,14)(H,13,16);(H2,6,7)/t10-,12?,13?;;/m1../s1. The van der Waals surface area contributed by atoms with Crippen LogP contribution < -0.4 is 22.1 Å². The minimum atomic E-state index is -4.86. The zero-order valence-corrected chi connectivity index (χ0v) is 23.8. The number of nitrogens with one attached hydrogen (secondary N) is 2. The Balaban J connectivity index is 0.000000186. The monoisotopic (exact) mass is 589 g/mol. The first-order valence-electron chi connectivity index (χ1n) is 14.1. The molecule has 5 fully saturated rings. The Morgan fingerprint density at radius 3 is 2.12 bits per heavy atom. The highest BCUT2D eigenvalue weighted by molar-refractivity contribution is 5.86. The molecule has 0 aromatic heterocycles. The molecule has 2 saturated heterocycles. The maximum atomic E-state index is 12.2. The average molecular weight is 590 g/mol. The van der Waals surface area contributed by atoms with Gasteiger partial charge in [0.15, 0.2) is 0 Å². The van der Waals surface area contributed by atoms with E-state index >= 15 is 0 Å². The van der Waals surface area contributed by atoms with E-state index in [4.69, 9.17) is 15.3 Å². The predicted octanol–water partition coefficient (Wildman–Crippen LogP) is 1.13. The van der Waals surface area contributed by atoms with Gasteiger partial charge in [0.25, 0.3) is 0 Å². The number of ether oxygens (including phenoxy) is 1. The summed E-state index contributed by atoms with van der Waals surface area (Å²) in [5.74, 6) is -1.30. The number of alkyl halides is 3. The fraction of sp³-hybridized carbons (Fsp3) is 0.815. The van der Waals surface area contributed by atoms with Crippen molar-refractivity contribution < 1.29 is 41.9 Å². The molecule has 2 heterocycles. The molecule has 2 aliphatic heterocycles. The van der Waals surface area contributed by atoms with E-state index < -0.39 is 24.0 Å². The molecule has 0 aromatic carbocycles. The Kier molecular flexibility index (Phi) is 9.97. The van der Waals surface area contributed by atoms with Crippen LogP contribution in [0.2, 0.25) is 0 Å². The number of halogens is 3. The smallest absolute Gasteiger partial charge is 0.375 e. The third-order valence-electron chi connectivity index (χ3n) is 9.08. The number of carbonyl (C=O) groups is 5. The van der Waals surface area contributed by atoms with E-state index in [2.05, 4.69) is 35.1 Å². The van der Waals surface area contributed by atoms with Crippen LogP contribution in [-0.4, -0.2) is 78.0 Å². The molecular weight excluding hydrogens is 547 g/mol. The zero-order chi connectivity index (χ0) is 30.8. The number of nitrogens with two attached hydrogens (primary N) is 2. The third-order valence-corrected chi connectivity index (χ3v) is 9.08. The summed E-state index contributed by atoms with van der Waals surface area (Å²) in [4.78, 5) is 56.3. The Morgan fingerprint density at radius 2 is 1.73 bits per heavy atom. The van der Waals surface area contributed by atoms with Gasteiger partial charge in [-0.1, -0.05) is 13.8 Å². The molecule has 3 aliphatic carbocycles. The molecule has 0 aromatic rings. The lowest BCUT2D eigenvalue weighted by atomic mass is 9.95. The van der Waals surface area contributed by atoms with Crippen molar-refractivity contribution in [3.63, 3.8) is 0 Å². The van der Waals surface area contributed by atoms with Gasteiger partial charge in [-0.25, -0.2) is 0 Å². The molecule has 0 radical (unpaired) electrons. The number of hydrogen-bond acceptors (Lipinski definition) is 6. The van der Waals surface area contributed by atoms with Crippen molar-refractivity contribution in [1.29, 1.82) is 0 Å². The first-order chi connectivity index (χ1) is 19.0. The minimum Gasteiger partial charge on any atom is -0.375 e. The number of primary amides is 2. The molecule has 11 nitrogen and oxygen atoms in total. The van der Waals surface area contributed by atoms with Crippen LogP contribution in [0.25, 0.3) is 0 Å². The number of carbonyl (C=O) groups excluding carboxylic acids is 5. The first-order valence-corrected chi connectivity index (χ1v) is 14.1. The van der Waals surface area contributed by atoms with Crippen LogP contribution in [0.1, 0.15) is 72.1 Å². The van der Waals surface area contributed by atoms with Crippen molar-refractivity contribution in [2.24, 2.45) is 34.6 Å². The fourth-order valence-corrected chi connectivity index (χ4v) is 5.88. The third kappa shape index (κ3) is 8.55. The largest absolute Gasteiger partial charge is 0.470 e. The van der Waals surface area contributed by atoms with Crippen LogP contribution in [0.15, 0.2) is 0 Å². The molecule has 232 valence electrons. The van der Waals surface area contributed by atoms with Gasteiger partial charge >= 0.3 is 12.1 Å². The van der Waals surface area contributed by atoms with Gasteiger partial charge in [-0.2, -0.15) is 13.2 Å². The van der Waals surface area contributed by atoms with Gasteiger partial charge in [0.1, 0.15) is 6.04 Å². The normalized spacial score (nSPS) is 27.9. The quantitative estimate of drug-likeness (QED) is 0.293. The SMILES string of the molecule is C[C@H](CC(=O)N1CC2C(C1)C2(C)C)OC1CCC1.NC(=O)C(CC1CC2(CC2)NC1=O)NC=O.NC(=O)C(F)(F)F. The molecular formula is C27H42F3N5O6. The summed E-state index contributed by atoms with van der Waals surface area (Å²) in [6.07, 6.45) is 3.38. The van der Waals surface area contributed by atoms with Gasteiger partial charge in [0, 0.05) is 24.5 Å². The summed E-state index contributed by atoms with van der Waals surface area (Å²) in [6.45, 7) is 8.65. The van der Waals surface area contributed by atoms with Crippen molar-refractivity contribution in [2.45, 2.75) is 102 Å². The number of amides is 5. The van der Waals surface area contributed by atoms with Crippen LogP contribution in [0.3, 0.4) is 0 Å². The van der Waals surface area contributed by atoms with Gasteiger partial charge < -0.3 is 31.7 Å². The maximum Gasteiger partial charge on any atom is 0.470 e. The second kappa shape index (κ2) is 12.5. The fourth-order valence-electron chi connectivity index (χ4n) is 5.88. The van der Waals surface area contributed by atoms with E-state index in [1.54, 1.807) is 0 Å². The Bertz CT molecular complexity index is 1000. The summed E-state index contributed by atoms with van der Waals surface area (Å²) >= 11 is 0. The van der Waals surface area contributed by atoms with Gasteiger partial charge in [0.2, 0.25) is 24.1 Å². The van der Waals surface area contributed by atoms with E-state index in [-0.39, 0.29) is 23.5 Å². The van der Waals surface area contributed by atoms with E-state index in [0.29, 0.717) is 36.7 Å².